The lowest BCUT2D eigenvalue weighted by atomic mass is 9.36. The fourth-order valence-corrected chi connectivity index (χ4v) is 12.3. The first kappa shape index (κ1) is 32.2. The molecule has 250 valence electrons. The molecule has 4 aliphatic carbocycles. The summed E-state index contributed by atoms with van der Waals surface area (Å²) in [7, 11) is 0. The first-order chi connectivity index (χ1) is 21.8. The summed E-state index contributed by atoms with van der Waals surface area (Å²) in [4.78, 5) is 42.3. The molecule has 3 unspecified atom stereocenters. The molecular weight excluding hydrogens is 642 g/mol. The number of benzene rings is 1. The van der Waals surface area contributed by atoms with Gasteiger partial charge in [0, 0.05) is 17.3 Å². The summed E-state index contributed by atoms with van der Waals surface area (Å²) in [6, 6.07) is 9.40. The maximum absolute atomic E-state index is 15.0. The van der Waals surface area contributed by atoms with Crippen LogP contribution >= 0.6 is 15.9 Å². The molecule has 2 spiro atoms. The Morgan fingerprint density at radius 1 is 0.913 bits per heavy atom. The fraction of sp³-hybridized carbons (Fsp3) is 0.711. The van der Waals surface area contributed by atoms with Crippen molar-refractivity contribution in [1.29, 1.82) is 0 Å². The lowest BCUT2D eigenvalue weighted by molar-refractivity contribution is -0.232. The van der Waals surface area contributed by atoms with E-state index in [9.17, 15) is 14.4 Å². The molecule has 3 heterocycles. The van der Waals surface area contributed by atoms with Crippen LogP contribution in [-0.2, 0) is 20.6 Å². The third-order valence-electron chi connectivity index (χ3n) is 14.5. The summed E-state index contributed by atoms with van der Waals surface area (Å²) >= 11 is 3.26. The van der Waals surface area contributed by atoms with Gasteiger partial charge in [-0.3, -0.25) is 4.79 Å². The molecule has 46 heavy (non-hydrogen) atoms. The standard InChI is InChI=1S/C38H52BrN3O4/c1-25(2)11-10-12-26(3)29-16-20-36(6)34(29,4)19-17-30-35(5)18-15-28(46-31(43)24-39)23-37(35)21-22-38(30,36)42-33(45)40(32(44)41(37)42)27-13-8-7-9-14-27/h7-9,13-14,21-22,25-26,28-30H,10-12,15-20,23-24H2,1-6H3/t26-,28+,29?,30-,34-,35-,36-,37?,38?/m1/s1. The first-order valence-electron chi connectivity index (χ1n) is 17.8. The summed E-state index contributed by atoms with van der Waals surface area (Å²) in [6.45, 7) is 14.5. The molecule has 0 amide bonds. The lowest BCUT2D eigenvalue weighted by Gasteiger charge is -2.74. The molecule has 0 N–H and O–H groups in total. The van der Waals surface area contributed by atoms with E-state index in [2.05, 4.69) is 69.6 Å². The van der Waals surface area contributed by atoms with Crippen molar-refractivity contribution >= 4 is 21.9 Å². The van der Waals surface area contributed by atoms with Crippen molar-refractivity contribution in [3.63, 3.8) is 0 Å². The summed E-state index contributed by atoms with van der Waals surface area (Å²) in [5.74, 6) is 1.80. The Labute approximate surface area is 281 Å². The summed E-state index contributed by atoms with van der Waals surface area (Å²) in [5.41, 5.74) is -1.79. The number of halogens is 1. The first-order valence-corrected chi connectivity index (χ1v) is 18.9. The maximum atomic E-state index is 15.0. The summed E-state index contributed by atoms with van der Waals surface area (Å²) < 4.78 is 11.2. The van der Waals surface area contributed by atoms with Gasteiger partial charge in [-0.25, -0.2) is 23.5 Å². The molecule has 6 aliphatic rings. The van der Waals surface area contributed by atoms with Gasteiger partial charge in [-0.15, -0.1) is 0 Å². The molecule has 1 aromatic heterocycles. The van der Waals surface area contributed by atoms with E-state index in [1.165, 1.54) is 23.8 Å². The molecular formula is C38H52BrN3O4. The van der Waals surface area contributed by atoms with Gasteiger partial charge in [0.25, 0.3) is 0 Å². The molecule has 3 saturated carbocycles. The van der Waals surface area contributed by atoms with E-state index >= 15 is 0 Å². The molecule has 2 bridgehead atoms. The van der Waals surface area contributed by atoms with Gasteiger partial charge >= 0.3 is 17.3 Å². The van der Waals surface area contributed by atoms with Crippen LogP contribution in [0.4, 0.5) is 0 Å². The topological polar surface area (TPSA) is 75.2 Å². The average Bonchev–Trinajstić information content (AvgIpc) is 3.47. The van der Waals surface area contributed by atoms with Crippen LogP contribution in [0.25, 0.3) is 5.69 Å². The Kier molecular flexibility index (Phi) is 7.58. The maximum Gasteiger partial charge on any atom is 0.352 e. The van der Waals surface area contributed by atoms with Crippen LogP contribution in [0.3, 0.4) is 0 Å². The molecule has 0 saturated heterocycles. The van der Waals surface area contributed by atoms with Crippen molar-refractivity contribution in [2.75, 3.05) is 5.33 Å². The number of carbonyl (C=O) groups excluding carboxylic acids is 1. The summed E-state index contributed by atoms with van der Waals surface area (Å²) in [6.07, 6.45) is 14.6. The number of aromatic nitrogens is 3. The molecule has 8 rings (SSSR count). The smallest absolute Gasteiger partial charge is 0.352 e. The van der Waals surface area contributed by atoms with Crippen molar-refractivity contribution in [1.82, 2.24) is 13.9 Å². The molecule has 2 aliphatic heterocycles. The van der Waals surface area contributed by atoms with Gasteiger partial charge in [-0.1, -0.05) is 107 Å². The number of esters is 1. The van der Waals surface area contributed by atoms with Gasteiger partial charge in [-0.05, 0) is 79.7 Å². The number of allylic oxidation sites excluding steroid dienone is 2. The second-order valence-corrected chi connectivity index (χ2v) is 17.2. The van der Waals surface area contributed by atoms with E-state index < -0.39 is 11.1 Å². The van der Waals surface area contributed by atoms with Gasteiger partial charge in [0.2, 0.25) is 0 Å². The molecule has 9 atom stereocenters. The number of para-hydroxylation sites is 1. The monoisotopic (exact) mass is 693 g/mol. The largest absolute Gasteiger partial charge is 0.462 e. The highest BCUT2D eigenvalue weighted by molar-refractivity contribution is 9.09. The zero-order valence-electron chi connectivity index (χ0n) is 28.6. The van der Waals surface area contributed by atoms with Crippen LogP contribution in [0.15, 0.2) is 52.1 Å². The van der Waals surface area contributed by atoms with Crippen LogP contribution < -0.4 is 11.4 Å². The van der Waals surface area contributed by atoms with Crippen molar-refractivity contribution in [3.05, 3.63) is 63.5 Å². The van der Waals surface area contributed by atoms with Gasteiger partial charge in [-0.2, -0.15) is 0 Å². The third-order valence-corrected chi connectivity index (χ3v) is 15.0. The van der Waals surface area contributed by atoms with Crippen LogP contribution in [0.1, 0.15) is 106 Å². The zero-order chi connectivity index (χ0) is 32.9. The van der Waals surface area contributed by atoms with E-state index in [0.717, 1.165) is 44.4 Å². The van der Waals surface area contributed by atoms with E-state index in [4.69, 9.17) is 4.74 Å². The van der Waals surface area contributed by atoms with E-state index in [0.29, 0.717) is 23.9 Å². The number of nitrogens with zero attached hydrogens (tertiary/aromatic N) is 3. The zero-order valence-corrected chi connectivity index (χ0v) is 30.1. The summed E-state index contributed by atoms with van der Waals surface area (Å²) in [5, 5.41) is 0.137. The van der Waals surface area contributed by atoms with Crippen molar-refractivity contribution in [2.45, 2.75) is 123 Å². The Bertz CT molecular complexity index is 1670. The number of rotatable bonds is 8. The van der Waals surface area contributed by atoms with E-state index in [1.807, 2.05) is 39.7 Å². The average molecular weight is 695 g/mol. The minimum atomic E-state index is -0.766. The van der Waals surface area contributed by atoms with Crippen molar-refractivity contribution < 1.29 is 9.53 Å². The predicted molar refractivity (Wildman–Crippen MR) is 185 cm³/mol. The molecule has 7 nitrogen and oxygen atoms in total. The number of hydrogen-bond donors (Lipinski definition) is 0. The highest BCUT2D eigenvalue weighted by atomic mass is 79.9. The van der Waals surface area contributed by atoms with Crippen LogP contribution in [0, 0.1) is 39.9 Å². The molecule has 1 aromatic carbocycles. The fourth-order valence-electron chi connectivity index (χ4n) is 12.1. The number of ether oxygens (including phenoxy) is 1. The number of alkyl halides is 1. The van der Waals surface area contributed by atoms with Gasteiger partial charge in [0.1, 0.15) is 11.4 Å². The van der Waals surface area contributed by atoms with Crippen molar-refractivity contribution in [3.8, 4) is 5.69 Å². The van der Waals surface area contributed by atoms with Crippen LogP contribution in [-0.4, -0.2) is 31.3 Å². The highest BCUT2D eigenvalue weighted by Gasteiger charge is 2.78. The Morgan fingerprint density at radius 3 is 2.30 bits per heavy atom. The van der Waals surface area contributed by atoms with Gasteiger partial charge < -0.3 is 4.74 Å². The molecule has 2 aromatic rings. The lowest BCUT2D eigenvalue weighted by Crippen LogP contribution is -2.78. The SMILES string of the molecule is CC(C)CCC[C@@H](C)C1CC[C@@]2(C)C34C=CC5(C[C@@H](OC(=O)CBr)CC[C@]5(C)[C@H]3CC[C@]12C)n1c(=O)n(-c2ccccc2)c(=O)n14. The second kappa shape index (κ2) is 10.8. The molecule has 3 fully saturated rings. The molecule has 8 heteroatoms. The third kappa shape index (κ3) is 3.91. The number of carbonyl (C=O) groups is 1. The quantitative estimate of drug-likeness (QED) is 0.162. The van der Waals surface area contributed by atoms with E-state index in [1.54, 1.807) is 0 Å². The van der Waals surface area contributed by atoms with Gasteiger partial charge in [0.05, 0.1) is 16.8 Å². The van der Waals surface area contributed by atoms with Gasteiger partial charge in [0.15, 0.2) is 0 Å². The van der Waals surface area contributed by atoms with Crippen LogP contribution in [0.5, 0.6) is 0 Å². The molecule has 0 radical (unpaired) electrons. The minimum absolute atomic E-state index is 0.0244. The van der Waals surface area contributed by atoms with E-state index in [-0.39, 0.29) is 50.9 Å². The minimum Gasteiger partial charge on any atom is -0.462 e. The van der Waals surface area contributed by atoms with Crippen molar-refractivity contribution in [2.24, 2.45) is 39.9 Å². The number of fused-ring (bicyclic) bond motifs is 1. The van der Waals surface area contributed by atoms with Crippen LogP contribution in [0.2, 0.25) is 0 Å². The Balaban J connectivity index is 1.43. The highest BCUT2D eigenvalue weighted by Crippen LogP contribution is 2.78. The Hall–Kier alpha value is -2.35. The second-order valence-electron chi connectivity index (χ2n) is 16.6. The Morgan fingerprint density at radius 2 is 1.61 bits per heavy atom. The number of hydrogen-bond acceptors (Lipinski definition) is 4. The predicted octanol–water partition coefficient (Wildman–Crippen LogP) is 7.57. The normalized spacial score (nSPS) is 39.4.